The lowest BCUT2D eigenvalue weighted by atomic mass is 10.1. The number of hydrogen-bond donors (Lipinski definition) is 1. The number of anilines is 1. The monoisotopic (exact) mass is 421 g/mol. The third-order valence-corrected chi connectivity index (χ3v) is 5.70. The smallest absolute Gasteiger partial charge is 0.265 e. The number of nitrogens with zero attached hydrogens (tertiary/aromatic N) is 2. The first-order valence-electron chi connectivity index (χ1n) is 10.8. The zero-order valence-corrected chi connectivity index (χ0v) is 17.5. The molecule has 0 aliphatic carbocycles. The van der Waals surface area contributed by atoms with Gasteiger partial charge in [-0.3, -0.25) is 14.4 Å². The maximum Gasteiger partial charge on any atom is 0.265 e. The van der Waals surface area contributed by atoms with Crippen molar-refractivity contribution < 1.29 is 19.1 Å². The number of piperidine rings is 1. The number of likely N-dealkylation sites (tertiary alicyclic amines) is 1. The molecule has 0 spiro atoms. The van der Waals surface area contributed by atoms with Gasteiger partial charge in [-0.25, -0.2) is 0 Å². The Kier molecular flexibility index (Phi) is 6.50. The maximum absolute atomic E-state index is 12.5. The lowest BCUT2D eigenvalue weighted by Crippen LogP contribution is -2.41. The van der Waals surface area contributed by atoms with Gasteiger partial charge in [0.15, 0.2) is 6.61 Å². The molecule has 2 aliphatic rings. The summed E-state index contributed by atoms with van der Waals surface area (Å²) in [5.41, 5.74) is 2.30. The number of fused-ring (bicyclic) bond motifs is 1. The SMILES string of the molecule is O=C(CCN1C(=O)COc2ccccc21)NCc1ccc(C(=O)N2CCCCC2)cc1. The Hall–Kier alpha value is -3.35. The van der Waals surface area contributed by atoms with Gasteiger partial charge in [-0.2, -0.15) is 0 Å². The van der Waals surface area contributed by atoms with Crippen LogP contribution < -0.4 is 15.0 Å². The van der Waals surface area contributed by atoms with E-state index >= 15 is 0 Å². The Balaban J connectivity index is 1.26. The Morgan fingerprint density at radius 2 is 1.71 bits per heavy atom. The molecule has 2 aromatic carbocycles. The number of para-hydroxylation sites is 2. The molecule has 1 saturated heterocycles. The highest BCUT2D eigenvalue weighted by atomic mass is 16.5. The number of rotatable bonds is 6. The van der Waals surface area contributed by atoms with Crippen LogP contribution in [0.2, 0.25) is 0 Å². The average molecular weight is 421 g/mol. The number of ether oxygens (including phenoxy) is 1. The van der Waals surface area contributed by atoms with Crippen molar-refractivity contribution in [2.75, 3.05) is 31.1 Å². The molecule has 4 rings (SSSR count). The van der Waals surface area contributed by atoms with E-state index in [1.807, 2.05) is 53.4 Å². The third kappa shape index (κ3) is 5.05. The van der Waals surface area contributed by atoms with Crippen LogP contribution in [-0.2, 0) is 16.1 Å². The molecule has 0 bridgehead atoms. The fourth-order valence-electron chi connectivity index (χ4n) is 3.95. The Bertz CT molecular complexity index is 952. The second-order valence-corrected chi connectivity index (χ2v) is 7.88. The normalized spacial score (nSPS) is 15.8. The molecule has 0 radical (unpaired) electrons. The molecule has 1 fully saturated rings. The molecular weight excluding hydrogens is 394 g/mol. The van der Waals surface area contributed by atoms with Crippen molar-refractivity contribution in [2.45, 2.75) is 32.2 Å². The minimum absolute atomic E-state index is 0.0128. The minimum atomic E-state index is -0.152. The zero-order valence-electron chi connectivity index (χ0n) is 17.5. The molecule has 7 nitrogen and oxygen atoms in total. The van der Waals surface area contributed by atoms with Crippen molar-refractivity contribution >= 4 is 23.4 Å². The van der Waals surface area contributed by atoms with E-state index in [0.717, 1.165) is 31.5 Å². The van der Waals surface area contributed by atoms with E-state index in [0.29, 0.717) is 30.1 Å². The summed E-state index contributed by atoms with van der Waals surface area (Å²) in [7, 11) is 0. The summed E-state index contributed by atoms with van der Waals surface area (Å²) in [6, 6.07) is 14.7. The number of amides is 3. The molecule has 2 aromatic rings. The van der Waals surface area contributed by atoms with E-state index < -0.39 is 0 Å². The molecular formula is C24H27N3O4. The number of carbonyl (C=O) groups is 3. The fraction of sp³-hybridized carbons (Fsp3) is 0.375. The van der Waals surface area contributed by atoms with Gasteiger partial charge in [0.25, 0.3) is 11.8 Å². The second-order valence-electron chi connectivity index (χ2n) is 7.88. The first-order chi connectivity index (χ1) is 15.1. The molecule has 1 N–H and O–H groups in total. The van der Waals surface area contributed by atoms with E-state index in [2.05, 4.69) is 5.32 Å². The van der Waals surface area contributed by atoms with Crippen LogP contribution in [0.4, 0.5) is 5.69 Å². The summed E-state index contributed by atoms with van der Waals surface area (Å²) in [4.78, 5) is 40.6. The summed E-state index contributed by atoms with van der Waals surface area (Å²) < 4.78 is 5.42. The largest absolute Gasteiger partial charge is 0.482 e. The maximum atomic E-state index is 12.5. The number of benzene rings is 2. The molecule has 0 aromatic heterocycles. The van der Waals surface area contributed by atoms with Crippen LogP contribution in [0.5, 0.6) is 5.75 Å². The van der Waals surface area contributed by atoms with Crippen molar-refractivity contribution in [1.82, 2.24) is 10.2 Å². The van der Waals surface area contributed by atoms with E-state index in [4.69, 9.17) is 4.74 Å². The van der Waals surface area contributed by atoms with Gasteiger partial charge in [0, 0.05) is 38.2 Å². The zero-order chi connectivity index (χ0) is 21.6. The summed E-state index contributed by atoms with van der Waals surface area (Å²) in [5, 5.41) is 2.89. The van der Waals surface area contributed by atoms with Gasteiger partial charge < -0.3 is 19.9 Å². The van der Waals surface area contributed by atoms with E-state index in [1.165, 1.54) is 6.42 Å². The Morgan fingerprint density at radius 3 is 2.48 bits per heavy atom. The van der Waals surface area contributed by atoms with Crippen LogP contribution in [0.3, 0.4) is 0 Å². The summed E-state index contributed by atoms with van der Waals surface area (Å²) in [6.07, 6.45) is 3.52. The lowest BCUT2D eigenvalue weighted by Gasteiger charge is -2.29. The summed E-state index contributed by atoms with van der Waals surface area (Å²) >= 11 is 0. The molecule has 2 heterocycles. The van der Waals surface area contributed by atoms with Crippen molar-refractivity contribution in [2.24, 2.45) is 0 Å². The Labute approximate surface area is 182 Å². The van der Waals surface area contributed by atoms with Crippen LogP contribution in [0.15, 0.2) is 48.5 Å². The van der Waals surface area contributed by atoms with Crippen molar-refractivity contribution in [3.05, 3.63) is 59.7 Å². The predicted octanol–water partition coefficient (Wildman–Crippen LogP) is 2.74. The van der Waals surface area contributed by atoms with Crippen LogP contribution >= 0.6 is 0 Å². The first kappa shape index (κ1) is 20.9. The highest BCUT2D eigenvalue weighted by Gasteiger charge is 2.25. The molecule has 7 heteroatoms. The van der Waals surface area contributed by atoms with Gasteiger partial charge in [-0.05, 0) is 49.1 Å². The number of carbonyl (C=O) groups excluding carboxylic acids is 3. The van der Waals surface area contributed by atoms with Gasteiger partial charge in [0.2, 0.25) is 5.91 Å². The van der Waals surface area contributed by atoms with Crippen LogP contribution in [-0.4, -0.2) is 48.9 Å². The topological polar surface area (TPSA) is 79.0 Å². The van der Waals surface area contributed by atoms with E-state index in [-0.39, 0.29) is 30.7 Å². The quantitative estimate of drug-likeness (QED) is 0.778. The molecule has 0 atom stereocenters. The van der Waals surface area contributed by atoms with Crippen LogP contribution in [0, 0.1) is 0 Å². The summed E-state index contributed by atoms with van der Waals surface area (Å²) in [5.74, 6) is 0.443. The van der Waals surface area contributed by atoms with Crippen LogP contribution in [0.1, 0.15) is 41.6 Å². The molecule has 0 unspecified atom stereocenters. The van der Waals surface area contributed by atoms with Gasteiger partial charge >= 0.3 is 0 Å². The average Bonchev–Trinajstić information content (AvgIpc) is 2.82. The molecule has 162 valence electrons. The first-order valence-corrected chi connectivity index (χ1v) is 10.8. The van der Waals surface area contributed by atoms with Gasteiger partial charge in [-0.1, -0.05) is 24.3 Å². The lowest BCUT2D eigenvalue weighted by molar-refractivity contribution is -0.122. The van der Waals surface area contributed by atoms with Gasteiger partial charge in [-0.15, -0.1) is 0 Å². The van der Waals surface area contributed by atoms with Gasteiger partial charge in [0.05, 0.1) is 5.69 Å². The number of hydrogen-bond acceptors (Lipinski definition) is 4. The van der Waals surface area contributed by atoms with Crippen LogP contribution in [0.25, 0.3) is 0 Å². The Morgan fingerprint density at radius 1 is 0.968 bits per heavy atom. The van der Waals surface area contributed by atoms with E-state index in [9.17, 15) is 14.4 Å². The number of nitrogens with one attached hydrogen (secondary N) is 1. The van der Waals surface area contributed by atoms with E-state index in [1.54, 1.807) is 4.90 Å². The fourth-order valence-corrected chi connectivity index (χ4v) is 3.95. The highest BCUT2D eigenvalue weighted by Crippen LogP contribution is 2.31. The molecule has 31 heavy (non-hydrogen) atoms. The predicted molar refractivity (Wildman–Crippen MR) is 117 cm³/mol. The summed E-state index contributed by atoms with van der Waals surface area (Å²) in [6.45, 7) is 2.32. The minimum Gasteiger partial charge on any atom is -0.482 e. The van der Waals surface area contributed by atoms with Crippen molar-refractivity contribution in [3.63, 3.8) is 0 Å². The van der Waals surface area contributed by atoms with Crippen molar-refractivity contribution in [3.8, 4) is 5.75 Å². The third-order valence-electron chi connectivity index (χ3n) is 5.70. The standard InChI is InChI=1S/C24H27N3O4/c28-22(12-15-27-20-6-2-3-7-21(20)31-17-23(27)29)25-16-18-8-10-19(11-9-18)24(30)26-13-4-1-5-14-26/h2-3,6-11H,1,4-5,12-17H2,(H,25,28). The van der Waals surface area contributed by atoms with Crippen molar-refractivity contribution in [1.29, 1.82) is 0 Å². The highest BCUT2D eigenvalue weighted by molar-refractivity contribution is 5.98. The molecule has 3 amide bonds. The second kappa shape index (κ2) is 9.64. The van der Waals surface area contributed by atoms with Gasteiger partial charge in [0.1, 0.15) is 5.75 Å². The molecule has 2 aliphatic heterocycles. The molecule has 0 saturated carbocycles.